The van der Waals surface area contributed by atoms with E-state index in [1.807, 2.05) is 0 Å². The molecule has 0 aromatic heterocycles. The van der Waals surface area contributed by atoms with E-state index in [0.717, 1.165) is 0 Å². The van der Waals surface area contributed by atoms with Crippen LogP contribution in [0.25, 0.3) is 0 Å². The van der Waals surface area contributed by atoms with Gasteiger partial charge in [0.25, 0.3) is 0 Å². The lowest BCUT2D eigenvalue weighted by Gasteiger charge is -2.35. The predicted octanol–water partition coefficient (Wildman–Crippen LogP) is 0.106. The van der Waals surface area contributed by atoms with Crippen molar-refractivity contribution in [3.63, 3.8) is 0 Å². The molecule has 0 aliphatic carbocycles. The summed E-state index contributed by atoms with van der Waals surface area (Å²) in [5, 5.41) is 8.68. The molecule has 1 heterocycles. The molecule has 0 spiro atoms. The lowest BCUT2D eigenvalue weighted by Crippen LogP contribution is -2.53. The fourth-order valence-corrected chi connectivity index (χ4v) is 0.538. The van der Waals surface area contributed by atoms with Crippen LogP contribution in [0, 0.1) is 0 Å². The van der Waals surface area contributed by atoms with E-state index in [4.69, 9.17) is 5.11 Å². The van der Waals surface area contributed by atoms with Gasteiger partial charge in [-0.2, -0.15) is 0 Å². The van der Waals surface area contributed by atoms with Crippen molar-refractivity contribution >= 4 is 0 Å². The summed E-state index contributed by atoms with van der Waals surface area (Å²) in [7, 11) is 0. The van der Waals surface area contributed by atoms with Gasteiger partial charge in [0.1, 0.15) is 0 Å². The number of aliphatic hydroxyl groups excluding tert-OH is 1. The van der Waals surface area contributed by atoms with Crippen LogP contribution in [0.5, 0.6) is 0 Å². The molecule has 0 saturated carbocycles. The van der Waals surface area contributed by atoms with Gasteiger partial charge >= 0.3 is 0 Å². The minimum Gasteiger partial charge on any atom is -0.390 e. The Labute approximate surface area is 47.3 Å². The lowest BCUT2D eigenvalue weighted by molar-refractivity contribution is -0.178. The molecule has 1 atom stereocenters. The van der Waals surface area contributed by atoms with Gasteiger partial charge in [0.05, 0.1) is 19.3 Å². The fraction of sp³-hybridized carbons (Fsp3) is 1.00. The molecule has 1 aliphatic rings. The van der Waals surface area contributed by atoms with E-state index < -0.39 is 11.8 Å². The van der Waals surface area contributed by atoms with Gasteiger partial charge in [-0.25, -0.2) is 4.39 Å². The third kappa shape index (κ3) is 0.717. The van der Waals surface area contributed by atoms with Crippen molar-refractivity contribution < 1.29 is 14.2 Å². The van der Waals surface area contributed by atoms with Crippen molar-refractivity contribution in [1.29, 1.82) is 0 Å². The third-order valence-electron chi connectivity index (χ3n) is 1.43. The summed E-state index contributed by atoms with van der Waals surface area (Å²) in [5.41, 5.74) is -1.44. The van der Waals surface area contributed by atoms with Gasteiger partial charge in [0.2, 0.25) is 0 Å². The molecular formula is C5H9FO2. The Morgan fingerprint density at radius 2 is 2.25 bits per heavy atom. The molecule has 1 rings (SSSR count). The van der Waals surface area contributed by atoms with Gasteiger partial charge in [-0.3, -0.25) is 0 Å². The summed E-state index contributed by atoms with van der Waals surface area (Å²) >= 11 is 0. The zero-order valence-electron chi connectivity index (χ0n) is 4.72. The number of ether oxygens (including phenoxy) is 1. The molecule has 1 N–H and O–H groups in total. The van der Waals surface area contributed by atoms with Crippen LogP contribution in [0.2, 0.25) is 0 Å². The van der Waals surface area contributed by atoms with Crippen molar-refractivity contribution in [2.75, 3.05) is 13.2 Å². The van der Waals surface area contributed by atoms with Crippen LogP contribution in [-0.2, 0) is 4.74 Å². The van der Waals surface area contributed by atoms with Gasteiger partial charge < -0.3 is 9.84 Å². The molecule has 1 saturated heterocycles. The van der Waals surface area contributed by atoms with E-state index >= 15 is 0 Å². The zero-order valence-corrected chi connectivity index (χ0v) is 4.72. The molecule has 2 nitrogen and oxygen atoms in total. The molecule has 3 heteroatoms. The van der Waals surface area contributed by atoms with Crippen molar-refractivity contribution in [1.82, 2.24) is 0 Å². The molecule has 8 heavy (non-hydrogen) atoms. The first-order valence-corrected chi connectivity index (χ1v) is 2.60. The van der Waals surface area contributed by atoms with Crippen molar-refractivity contribution in [2.45, 2.75) is 18.7 Å². The normalized spacial score (nSPS) is 28.9. The smallest absolute Gasteiger partial charge is 0.182 e. The second kappa shape index (κ2) is 1.67. The quantitative estimate of drug-likeness (QED) is 0.532. The zero-order chi connectivity index (χ0) is 6.20. The van der Waals surface area contributed by atoms with E-state index in [9.17, 15) is 4.39 Å². The van der Waals surface area contributed by atoms with Crippen molar-refractivity contribution in [3.05, 3.63) is 0 Å². The SMILES string of the molecule is CC(O)C1(F)COC1. The highest BCUT2D eigenvalue weighted by Gasteiger charge is 2.43. The van der Waals surface area contributed by atoms with Crippen LogP contribution < -0.4 is 0 Å². The van der Waals surface area contributed by atoms with Gasteiger partial charge in [0, 0.05) is 0 Å². The van der Waals surface area contributed by atoms with Gasteiger partial charge in [-0.15, -0.1) is 0 Å². The number of hydrogen-bond donors (Lipinski definition) is 1. The van der Waals surface area contributed by atoms with Crippen molar-refractivity contribution in [3.8, 4) is 0 Å². The van der Waals surface area contributed by atoms with Crippen LogP contribution in [0.15, 0.2) is 0 Å². The number of halogens is 1. The summed E-state index contributed by atoms with van der Waals surface area (Å²) in [6.07, 6.45) is -0.892. The van der Waals surface area contributed by atoms with E-state index in [2.05, 4.69) is 4.74 Å². The molecule has 0 aromatic rings. The molecule has 1 unspecified atom stereocenters. The summed E-state index contributed by atoms with van der Waals surface area (Å²) in [5.74, 6) is 0. The average Bonchev–Trinajstić information content (AvgIpc) is 1.60. The minimum absolute atomic E-state index is 0.0463. The maximum absolute atomic E-state index is 12.7. The van der Waals surface area contributed by atoms with Crippen LogP contribution in [0.3, 0.4) is 0 Å². The fourth-order valence-electron chi connectivity index (χ4n) is 0.538. The molecule has 0 bridgehead atoms. The van der Waals surface area contributed by atoms with Crippen molar-refractivity contribution in [2.24, 2.45) is 0 Å². The molecule has 1 aliphatic heterocycles. The first kappa shape index (κ1) is 5.98. The Hall–Kier alpha value is -0.150. The van der Waals surface area contributed by atoms with E-state index in [1.54, 1.807) is 0 Å². The maximum atomic E-state index is 12.7. The monoisotopic (exact) mass is 120 g/mol. The number of alkyl halides is 1. The highest BCUT2D eigenvalue weighted by molar-refractivity contribution is 4.90. The second-order valence-electron chi connectivity index (χ2n) is 2.20. The van der Waals surface area contributed by atoms with E-state index in [0.29, 0.717) is 0 Å². The number of aliphatic hydroxyl groups is 1. The number of rotatable bonds is 1. The van der Waals surface area contributed by atoms with Crippen LogP contribution in [-0.4, -0.2) is 30.1 Å². The number of hydrogen-bond acceptors (Lipinski definition) is 2. The van der Waals surface area contributed by atoms with Gasteiger partial charge in [0.15, 0.2) is 5.67 Å². The minimum atomic E-state index is -1.44. The van der Waals surface area contributed by atoms with Gasteiger partial charge in [-0.1, -0.05) is 0 Å². The molecule has 1 fully saturated rings. The Kier molecular flexibility index (Phi) is 1.25. The molecule has 0 amide bonds. The highest BCUT2D eigenvalue weighted by atomic mass is 19.1. The van der Waals surface area contributed by atoms with Crippen LogP contribution in [0.1, 0.15) is 6.92 Å². The largest absolute Gasteiger partial charge is 0.390 e. The van der Waals surface area contributed by atoms with E-state index in [-0.39, 0.29) is 13.2 Å². The van der Waals surface area contributed by atoms with Crippen LogP contribution in [0.4, 0.5) is 4.39 Å². The summed E-state index contributed by atoms with van der Waals surface area (Å²) in [6.45, 7) is 1.53. The van der Waals surface area contributed by atoms with Crippen LogP contribution >= 0.6 is 0 Å². The average molecular weight is 120 g/mol. The molecule has 0 radical (unpaired) electrons. The van der Waals surface area contributed by atoms with E-state index in [1.165, 1.54) is 6.92 Å². The Morgan fingerprint density at radius 1 is 1.75 bits per heavy atom. The Bertz CT molecular complexity index is 88.4. The second-order valence-corrected chi connectivity index (χ2v) is 2.20. The maximum Gasteiger partial charge on any atom is 0.182 e. The summed E-state index contributed by atoms with van der Waals surface area (Å²) < 4.78 is 17.2. The molecule has 48 valence electrons. The lowest BCUT2D eigenvalue weighted by atomic mass is 9.99. The first-order valence-electron chi connectivity index (χ1n) is 2.60. The summed E-state index contributed by atoms with van der Waals surface area (Å²) in [6, 6.07) is 0. The summed E-state index contributed by atoms with van der Waals surface area (Å²) in [4.78, 5) is 0. The predicted molar refractivity (Wildman–Crippen MR) is 26.3 cm³/mol. The molecular weight excluding hydrogens is 111 g/mol. The third-order valence-corrected chi connectivity index (χ3v) is 1.43. The molecule has 0 aromatic carbocycles. The topological polar surface area (TPSA) is 29.5 Å². The Morgan fingerprint density at radius 3 is 2.25 bits per heavy atom. The Balaban J connectivity index is 2.41. The highest BCUT2D eigenvalue weighted by Crippen LogP contribution is 2.25. The van der Waals surface area contributed by atoms with Gasteiger partial charge in [-0.05, 0) is 6.92 Å². The first-order chi connectivity index (χ1) is 3.65. The standard InChI is InChI=1S/C5H9FO2/c1-4(7)5(6)2-8-3-5/h4,7H,2-3H2,1H3.